The number of rotatable bonds is 7. The molecule has 3 aromatic rings. The van der Waals surface area contributed by atoms with Crippen molar-refractivity contribution in [1.29, 1.82) is 0 Å². The third kappa shape index (κ3) is 4.29. The van der Waals surface area contributed by atoms with Crippen LogP contribution in [0.1, 0.15) is 15.9 Å². The molecule has 8 nitrogen and oxygen atoms in total. The number of pyridine rings is 1. The molecule has 0 saturated heterocycles. The van der Waals surface area contributed by atoms with Gasteiger partial charge in [-0.05, 0) is 17.7 Å². The fraction of sp³-hybridized carbons (Fsp3) is 0.150. The van der Waals surface area contributed by atoms with Crippen molar-refractivity contribution in [2.45, 2.75) is 12.5 Å². The normalized spacial score (nSPS) is 11.6. The van der Waals surface area contributed by atoms with Crippen molar-refractivity contribution in [1.82, 2.24) is 20.1 Å². The Morgan fingerprint density at radius 1 is 1.11 bits per heavy atom. The molecule has 28 heavy (non-hydrogen) atoms. The van der Waals surface area contributed by atoms with E-state index in [9.17, 15) is 14.4 Å². The summed E-state index contributed by atoms with van der Waals surface area (Å²) in [6.45, 7) is 0. The number of Topliss-reactive ketones (excluding diaryl/α,β-unsaturated/α-hetero) is 1. The lowest BCUT2D eigenvalue weighted by molar-refractivity contribution is -0.137. The van der Waals surface area contributed by atoms with Crippen molar-refractivity contribution in [3.05, 3.63) is 72.2 Å². The summed E-state index contributed by atoms with van der Waals surface area (Å²) in [6.07, 6.45) is 4.90. The molecular formula is C20H19N5O3. The van der Waals surface area contributed by atoms with Gasteiger partial charge in [0.25, 0.3) is 11.8 Å². The molecule has 2 heterocycles. The highest BCUT2D eigenvalue weighted by molar-refractivity contribution is 6.38. The average Bonchev–Trinajstić information content (AvgIpc) is 3.10. The maximum absolute atomic E-state index is 12.9. The molecule has 0 radical (unpaired) electrons. The highest BCUT2D eigenvalue weighted by Crippen LogP contribution is 2.21. The van der Waals surface area contributed by atoms with E-state index in [1.54, 1.807) is 49.9 Å². The standard InChI is InChI=1S/C20H19N5O3/c1-25-12-15(17(24-25)14-7-9-22-10-8-14)20(28)23-16(18(26)19(21)27)11-13-5-3-2-4-6-13/h2-10,12,16H,11H2,1H3,(H2,21,27)(H,23,28)/t16-/m0/s1. The van der Waals surface area contributed by atoms with Gasteiger partial charge in [-0.3, -0.25) is 24.0 Å². The van der Waals surface area contributed by atoms with E-state index in [2.05, 4.69) is 15.4 Å². The monoisotopic (exact) mass is 377 g/mol. The van der Waals surface area contributed by atoms with Crippen LogP contribution in [0.4, 0.5) is 0 Å². The summed E-state index contributed by atoms with van der Waals surface area (Å²) in [5, 5.41) is 6.95. The molecule has 0 aliphatic carbocycles. The zero-order valence-electron chi connectivity index (χ0n) is 15.2. The lowest BCUT2D eigenvalue weighted by Gasteiger charge is -2.16. The zero-order chi connectivity index (χ0) is 20.1. The molecular weight excluding hydrogens is 358 g/mol. The zero-order valence-corrected chi connectivity index (χ0v) is 15.2. The van der Waals surface area contributed by atoms with E-state index in [-0.39, 0.29) is 12.0 Å². The van der Waals surface area contributed by atoms with E-state index in [0.29, 0.717) is 11.3 Å². The van der Waals surface area contributed by atoms with E-state index in [0.717, 1.165) is 5.56 Å². The van der Waals surface area contributed by atoms with Crippen molar-refractivity contribution in [2.24, 2.45) is 12.8 Å². The van der Waals surface area contributed by atoms with Crippen molar-refractivity contribution < 1.29 is 14.4 Å². The van der Waals surface area contributed by atoms with Gasteiger partial charge in [0, 0.05) is 37.6 Å². The van der Waals surface area contributed by atoms with Crippen LogP contribution in [-0.2, 0) is 23.1 Å². The molecule has 8 heteroatoms. The molecule has 0 spiro atoms. The summed E-state index contributed by atoms with van der Waals surface area (Å²) in [6, 6.07) is 11.5. The number of benzene rings is 1. The molecule has 2 aromatic heterocycles. The van der Waals surface area contributed by atoms with Crippen LogP contribution in [-0.4, -0.2) is 38.4 Å². The number of aryl methyl sites for hydroxylation is 1. The van der Waals surface area contributed by atoms with Gasteiger partial charge in [-0.2, -0.15) is 5.10 Å². The maximum Gasteiger partial charge on any atom is 0.287 e. The van der Waals surface area contributed by atoms with Crippen molar-refractivity contribution in [3.63, 3.8) is 0 Å². The first-order chi connectivity index (χ1) is 13.5. The second-order valence-electron chi connectivity index (χ2n) is 6.25. The van der Waals surface area contributed by atoms with Crippen LogP contribution < -0.4 is 11.1 Å². The molecule has 0 saturated carbocycles. The first-order valence-corrected chi connectivity index (χ1v) is 8.58. The number of carbonyl (C=O) groups excluding carboxylic acids is 3. The maximum atomic E-state index is 12.9. The minimum Gasteiger partial charge on any atom is -0.363 e. The predicted molar refractivity (Wildman–Crippen MR) is 102 cm³/mol. The highest BCUT2D eigenvalue weighted by atomic mass is 16.2. The van der Waals surface area contributed by atoms with Crippen LogP contribution in [0.5, 0.6) is 0 Å². The number of nitrogens with two attached hydrogens (primary N) is 1. The van der Waals surface area contributed by atoms with E-state index < -0.39 is 23.6 Å². The molecule has 1 aromatic carbocycles. The molecule has 2 amide bonds. The molecule has 0 bridgehead atoms. The number of nitrogens with one attached hydrogen (secondary N) is 1. The average molecular weight is 377 g/mol. The van der Waals surface area contributed by atoms with Crippen LogP contribution in [0.3, 0.4) is 0 Å². The number of ketones is 1. The minimum atomic E-state index is -1.10. The van der Waals surface area contributed by atoms with Gasteiger partial charge in [0.1, 0.15) is 11.7 Å². The molecule has 142 valence electrons. The first-order valence-electron chi connectivity index (χ1n) is 8.58. The first kappa shape index (κ1) is 19.0. The van der Waals surface area contributed by atoms with Gasteiger partial charge in [-0.25, -0.2) is 0 Å². The Kier molecular flexibility index (Phi) is 5.59. The van der Waals surface area contributed by atoms with Gasteiger partial charge >= 0.3 is 0 Å². The van der Waals surface area contributed by atoms with Crippen molar-refractivity contribution >= 4 is 17.6 Å². The minimum absolute atomic E-state index is 0.152. The second kappa shape index (κ2) is 8.26. The van der Waals surface area contributed by atoms with E-state index in [1.807, 2.05) is 18.2 Å². The molecule has 3 rings (SSSR count). The van der Waals surface area contributed by atoms with Gasteiger partial charge in [0.2, 0.25) is 5.78 Å². The number of hydrogen-bond donors (Lipinski definition) is 2. The van der Waals surface area contributed by atoms with Gasteiger partial charge < -0.3 is 11.1 Å². The Balaban J connectivity index is 1.88. The molecule has 0 aliphatic rings. The Labute approximate surface area is 161 Å². The Bertz CT molecular complexity index is 999. The van der Waals surface area contributed by atoms with Gasteiger partial charge in [0.05, 0.1) is 5.56 Å². The van der Waals surface area contributed by atoms with E-state index >= 15 is 0 Å². The Hall–Kier alpha value is -3.81. The summed E-state index contributed by atoms with van der Waals surface area (Å²) in [5.74, 6) is -2.47. The van der Waals surface area contributed by atoms with Gasteiger partial charge in [0.15, 0.2) is 0 Å². The predicted octanol–water partition coefficient (Wildman–Crippen LogP) is 0.878. The summed E-state index contributed by atoms with van der Waals surface area (Å²) < 4.78 is 1.51. The highest BCUT2D eigenvalue weighted by Gasteiger charge is 2.27. The lowest BCUT2D eigenvalue weighted by Crippen LogP contribution is -2.47. The number of primary amides is 1. The van der Waals surface area contributed by atoms with Crippen LogP contribution in [0.25, 0.3) is 11.3 Å². The third-order valence-electron chi connectivity index (χ3n) is 4.17. The van der Waals surface area contributed by atoms with E-state index in [1.165, 1.54) is 4.68 Å². The smallest absolute Gasteiger partial charge is 0.287 e. The quantitative estimate of drug-likeness (QED) is 0.592. The summed E-state index contributed by atoms with van der Waals surface area (Å²) in [4.78, 5) is 40.5. The van der Waals surface area contributed by atoms with Gasteiger partial charge in [-0.15, -0.1) is 0 Å². The number of nitrogens with zero attached hydrogens (tertiary/aromatic N) is 3. The number of aromatic nitrogens is 3. The van der Waals surface area contributed by atoms with Crippen molar-refractivity contribution in [3.8, 4) is 11.3 Å². The van der Waals surface area contributed by atoms with Crippen molar-refractivity contribution in [2.75, 3.05) is 0 Å². The molecule has 0 aliphatic heterocycles. The second-order valence-corrected chi connectivity index (χ2v) is 6.25. The number of carbonyl (C=O) groups is 3. The Morgan fingerprint density at radius 3 is 2.43 bits per heavy atom. The summed E-state index contributed by atoms with van der Waals surface area (Å²) in [5.41, 5.74) is 7.40. The Morgan fingerprint density at radius 2 is 1.79 bits per heavy atom. The van der Waals surface area contributed by atoms with Gasteiger partial charge in [-0.1, -0.05) is 30.3 Å². The third-order valence-corrected chi connectivity index (χ3v) is 4.17. The summed E-state index contributed by atoms with van der Waals surface area (Å²) >= 11 is 0. The lowest BCUT2D eigenvalue weighted by atomic mass is 10.0. The molecule has 0 unspecified atom stereocenters. The SMILES string of the molecule is Cn1cc(C(=O)N[C@@H](Cc2ccccc2)C(=O)C(N)=O)c(-c2ccncc2)n1. The fourth-order valence-corrected chi connectivity index (χ4v) is 2.84. The summed E-state index contributed by atoms with van der Waals surface area (Å²) in [7, 11) is 1.69. The molecule has 3 N–H and O–H groups in total. The number of hydrogen-bond acceptors (Lipinski definition) is 5. The molecule has 1 atom stereocenters. The van der Waals surface area contributed by atoms with E-state index in [4.69, 9.17) is 5.73 Å². The molecule has 0 fully saturated rings. The fourth-order valence-electron chi connectivity index (χ4n) is 2.84. The van der Waals surface area contributed by atoms with Crippen LogP contribution in [0.2, 0.25) is 0 Å². The largest absolute Gasteiger partial charge is 0.363 e. The number of amides is 2. The topological polar surface area (TPSA) is 120 Å². The van der Waals surface area contributed by atoms with Crippen LogP contribution >= 0.6 is 0 Å². The van der Waals surface area contributed by atoms with Crippen LogP contribution in [0, 0.1) is 0 Å². The van der Waals surface area contributed by atoms with Crippen LogP contribution in [0.15, 0.2) is 61.1 Å².